The SMILES string of the molecule is CC1CN(c2ccc(N)c(C(F)(F)F)c2)CCC1O. The van der Waals surface area contributed by atoms with E-state index in [9.17, 15) is 18.3 Å². The van der Waals surface area contributed by atoms with E-state index in [0.717, 1.165) is 6.07 Å². The molecule has 1 heterocycles. The van der Waals surface area contributed by atoms with Crippen LogP contribution in [-0.2, 0) is 6.18 Å². The molecule has 0 bridgehead atoms. The Balaban J connectivity index is 2.27. The van der Waals surface area contributed by atoms with E-state index in [1.54, 1.807) is 6.07 Å². The maximum Gasteiger partial charge on any atom is 0.418 e. The molecule has 2 atom stereocenters. The molecule has 1 fully saturated rings. The highest BCUT2D eigenvalue weighted by Gasteiger charge is 2.34. The van der Waals surface area contributed by atoms with Crippen LogP contribution in [0.1, 0.15) is 18.9 Å². The van der Waals surface area contributed by atoms with E-state index in [1.165, 1.54) is 6.07 Å². The van der Waals surface area contributed by atoms with Crippen molar-refractivity contribution in [3.05, 3.63) is 23.8 Å². The van der Waals surface area contributed by atoms with E-state index in [4.69, 9.17) is 5.73 Å². The Hall–Kier alpha value is -1.43. The van der Waals surface area contributed by atoms with Crippen molar-refractivity contribution in [2.45, 2.75) is 25.6 Å². The second-order valence-electron chi connectivity index (χ2n) is 5.05. The minimum absolute atomic E-state index is 0.0423. The van der Waals surface area contributed by atoms with Gasteiger partial charge in [0.1, 0.15) is 0 Å². The van der Waals surface area contributed by atoms with Gasteiger partial charge in [-0.15, -0.1) is 0 Å². The van der Waals surface area contributed by atoms with Crippen molar-refractivity contribution < 1.29 is 18.3 Å². The lowest BCUT2D eigenvalue weighted by Crippen LogP contribution is -2.42. The van der Waals surface area contributed by atoms with Gasteiger partial charge in [-0.2, -0.15) is 13.2 Å². The zero-order valence-electron chi connectivity index (χ0n) is 10.6. The van der Waals surface area contributed by atoms with Gasteiger partial charge in [0, 0.05) is 24.5 Å². The van der Waals surface area contributed by atoms with Crippen LogP contribution in [0.3, 0.4) is 0 Å². The standard InChI is InChI=1S/C13H17F3N2O/c1-8-7-18(5-4-12(8)19)9-2-3-11(17)10(6-9)13(14,15)16/h2-3,6,8,12,19H,4-5,7,17H2,1H3. The molecule has 3 N–H and O–H groups in total. The summed E-state index contributed by atoms with van der Waals surface area (Å²) >= 11 is 0. The van der Waals surface area contributed by atoms with Gasteiger partial charge >= 0.3 is 6.18 Å². The van der Waals surface area contributed by atoms with E-state index in [1.807, 2.05) is 11.8 Å². The Morgan fingerprint density at radius 2 is 2.05 bits per heavy atom. The lowest BCUT2D eigenvalue weighted by molar-refractivity contribution is -0.136. The number of nitrogens with two attached hydrogens (primary N) is 1. The number of nitrogen functional groups attached to an aromatic ring is 1. The van der Waals surface area contributed by atoms with Crippen molar-refractivity contribution in [2.24, 2.45) is 5.92 Å². The van der Waals surface area contributed by atoms with Crippen molar-refractivity contribution in [1.29, 1.82) is 0 Å². The van der Waals surface area contributed by atoms with Gasteiger partial charge in [0.25, 0.3) is 0 Å². The smallest absolute Gasteiger partial charge is 0.398 e. The summed E-state index contributed by atoms with van der Waals surface area (Å²) < 4.78 is 38.4. The van der Waals surface area contributed by atoms with E-state index in [0.29, 0.717) is 25.2 Å². The van der Waals surface area contributed by atoms with Crippen molar-refractivity contribution in [3.63, 3.8) is 0 Å². The molecule has 1 aromatic carbocycles. The Morgan fingerprint density at radius 3 is 2.63 bits per heavy atom. The van der Waals surface area contributed by atoms with Gasteiger partial charge in [-0.05, 0) is 30.5 Å². The number of hydrogen-bond donors (Lipinski definition) is 2. The number of rotatable bonds is 1. The largest absolute Gasteiger partial charge is 0.418 e. The van der Waals surface area contributed by atoms with E-state index in [-0.39, 0.29) is 17.7 Å². The van der Waals surface area contributed by atoms with Gasteiger partial charge in [0.2, 0.25) is 0 Å². The zero-order chi connectivity index (χ0) is 14.2. The molecule has 2 rings (SSSR count). The topological polar surface area (TPSA) is 49.5 Å². The molecule has 0 aliphatic carbocycles. The molecule has 1 aliphatic rings. The van der Waals surface area contributed by atoms with Crippen LogP contribution in [-0.4, -0.2) is 24.3 Å². The molecule has 1 saturated heterocycles. The molecule has 2 unspecified atom stereocenters. The molecule has 0 radical (unpaired) electrons. The Bertz CT molecular complexity index is 462. The first-order valence-electron chi connectivity index (χ1n) is 6.19. The molecule has 6 heteroatoms. The first kappa shape index (κ1) is 14.0. The molecular weight excluding hydrogens is 257 g/mol. The summed E-state index contributed by atoms with van der Waals surface area (Å²) in [7, 11) is 0. The van der Waals surface area contributed by atoms with Crippen LogP contribution in [0.4, 0.5) is 24.5 Å². The number of halogens is 3. The minimum atomic E-state index is -4.44. The molecule has 0 aromatic heterocycles. The number of anilines is 2. The number of piperidine rings is 1. The van der Waals surface area contributed by atoms with Crippen molar-refractivity contribution in [1.82, 2.24) is 0 Å². The number of hydrogen-bond acceptors (Lipinski definition) is 3. The van der Waals surface area contributed by atoms with Gasteiger partial charge in [0.05, 0.1) is 11.7 Å². The summed E-state index contributed by atoms with van der Waals surface area (Å²) in [5, 5.41) is 9.64. The third kappa shape index (κ3) is 2.94. The van der Waals surface area contributed by atoms with Crippen LogP contribution in [0.15, 0.2) is 18.2 Å². The molecule has 0 saturated carbocycles. The van der Waals surface area contributed by atoms with Crippen LogP contribution in [0.5, 0.6) is 0 Å². The average Bonchev–Trinajstić information content (AvgIpc) is 2.32. The van der Waals surface area contributed by atoms with E-state index >= 15 is 0 Å². The molecule has 0 spiro atoms. The Labute approximate surface area is 109 Å². The predicted octanol–water partition coefficient (Wildman–Crippen LogP) is 2.49. The second-order valence-corrected chi connectivity index (χ2v) is 5.05. The maximum atomic E-state index is 12.8. The third-order valence-electron chi connectivity index (χ3n) is 3.57. The molecular formula is C13H17F3N2O. The van der Waals surface area contributed by atoms with Crippen LogP contribution in [0, 0.1) is 5.92 Å². The van der Waals surface area contributed by atoms with Gasteiger partial charge in [0.15, 0.2) is 0 Å². The Morgan fingerprint density at radius 1 is 1.37 bits per heavy atom. The quantitative estimate of drug-likeness (QED) is 0.774. The molecule has 106 valence electrons. The summed E-state index contributed by atoms with van der Waals surface area (Å²) in [4.78, 5) is 1.85. The Kier molecular flexibility index (Phi) is 3.62. The highest BCUT2D eigenvalue weighted by atomic mass is 19.4. The van der Waals surface area contributed by atoms with Crippen molar-refractivity contribution in [3.8, 4) is 0 Å². The van der Waals surface area contributed by atoms with Crippen LogP contribution in [0.2, 0.25) is 0 Å². The fourth-order valence-electron chi connectivity index (χ4n) is 2.35. The monoisotopic (exact) mass is 274 g/mol. The van der Waals surface area contributed by atoms with Crippen LogP contribution >= 0.6 is 0 Å². The second kappa shape index (κ2) is 4.92. The van der Waals surface area contributed by atoms with Gasteiger partial charge in [-0.25, -0.2) is 0 Å². The maximum absolute atomic E-state index is 12.8. The minimum Gasteiger partial charge on any atom is -0.398 e. The fourth-order valence-corrected chi connectivity index (χ4v) is 2.35. The zero-order valence-corrected chi connectivity index (χ0v) is 10.6. The van der Waals surface area contributed by atoms with Crippen LogP contribution in [0.25, 0.3) is 0 Å². The van der Waals surface area contributed by atoms with Crippen molar-refractivity contribution >= 4 is 11.4 Å². The first-order valence-corrected chi connectivity index (χ1v) is 6.19. The predicted molar refractivity (Wildman–Crippen MR) is 67.9 cm³/mol. The number of aliphatic hydroxyl groups excluding tert-OH is 1. The fraction of sp³-hybridized carbons (Fsp3) is 0.538. The first-order chi connectivity index (χ1) is 8.79. The molecule has 1 aliphatic heterocycles. The molecule has 19 heavy (non-hydrogen) atoms. The summed E-state index contributed by atoms with van der Waals surface area (Å²) in [6.07, 6.45) is -4.26. The van der Waals surface area contributed by atoms with E-state index < -0.39 is 11.7 Å². The number of nitrogens with zero attached hydrogens (tertiary/aromatic N) is 1. The van der Waals surface area contributed by atoms with E-state index in [2.05, 4.69) is 0 Å². The summed E-state index contributed by atoms with van der Waals surface area (Å²) in [6.45, 7) is 2.98. The third-order valence-corrected chi connectivity index (χ3v) is 3.57. The molecule has 0 amide bonds. The lowest BCUT2D eigenvalue weighted by Gasteiger charge is -2.36. The number of benzene rings is 1. The summed E-state index contributed by atoms with van der Waals surface area (Å²) in [5.41, 5.74) is 4.81. The van der Waals surface area contributed by atoms with Crippen LogP contribution < -0.4 is 10.6 Å². The highest BCUT2D eigenvalue weighted by Crippen LogP contribution is 2.36. The molecule has 1 aromatic rings. The normalized spacial score (nSPS) is 24.6. The highest BCUT2D eigenvalue weighted by molar-refractivity contribution is 5.59. The molecule has 3 nitrogen and oxygen atoms in total. The lowest BCUT2D eigenvalue weighted by atomic mass is 9.96. The van der Waals surface area contributed by atoms with Gasteiger partial charge < -0.3 is 15.7 Å². The average molecular weight is 274 g/mol. The van der Waals surface area contributed by atoms with Gasteiger partial charge in [-0.3, -0.25) is 0 Å². The number of aliphatic hydroxyl groups is 1. The van der Waals surface area contributed by atoms with Crippen molar-refractivity contribution in [2.75, 3.05) is 23.7 Å². The summed E-state index contributed by atoms with van der Waals surface area (Å²) in [5.74, 6) is 0.0423. The van der Waals surface area contributed by atoms with Gasteiger partial charge in [-0.1, -0.05) is 6.92 Å². The number of alkyl halides is 3. The summed E-state index contributed by atoms with van der Waals surface area (Å²) in [6, 6.07) is 3.96.